The number of hydrogen-bond donors (Lipinski definition) is 5. The van der Waals surface area contributed by atoms with Crippen LogP contribution in [0.25, 0.3) is 10.8 Å². The fourth-order valence-corrected chi connectivity index (χ4v) is 5.21. The van der Waals surface area contributed by atoms with Crippen LogP contribution in [-0.2, 0) is 0 Å². The summed E-state index contributed by atoms with van der Waals surface area (Å²) in [4.78, 5) is 12.6. The number of anilines is 1. The number of urea groups is 1. The lowest BCUT2D eigenvalue weighted by Crippen LogP contribution is -2.74. The number of hydrogen-bond acceptors (Lipinski definition) is 4. The number of amides is 2. The van der Waals surface area contributed by atoms with Crippen molar-refractivity contribution in [3.05, 3.63) is 42.5 Å². The van der Waals surface area contributed by atoms with Gasteiger partial charge in [-0.05, 0) is 42.7 Å². The molecule has 3 unspecified atom stereocenters. The summed E-state index contributed by atoms with van der Waals surface area (Å²) >= 11 is 0. The highest BCUT2D eigenvalue weighted by molar-refractivity contribution is 5.93. The molecule has 162 valence electrons. The maximum absolute atomic E-state index is 12.6. The van der Waals surface area contributed by atoms with E-state index in [9.17, 15) is 4.79 Å². The zero-order chi connectivity index (χ0) is 21.0. The Morgan fingerprint density at radius 3 is 2.33 bits per heavy atom. The monoisotopic (exact) mass is 409 g/mol. The number of nitrogens with one attached hydrogen (secondary N) is 4. The van der Waals surface area contributed by atoms with Crippen LogP contribution in [0.5, 0.6) is 0 Å². The first kappa shape index (κ1) is 21.1. The smallest absolute Gasteiger partial charge is 0.315 e. The van der Waals surface area contributed by atoms with E-state index < -0.39 is 0 Å². The van der Waals surface area contributed by atoms with Crippen molar-refractivity contribution in [2.24, 2.45) is 11.1 Å². The van der Waals surface area contributed by atoms with Gasteiger partial charge in [-0.15, -0.1) is 0 Å². The van der Waals surface area contributed by atoms with Crippen LogP contribution in [0.2, 0.25) is 0 Å². The van der Waals surface area contributed by atoms with Gasteiger partial charge in [-0.1, -0.05) is 68.9 Å². The molecule has 6 nitrogen and oxygen atoms in total. The van der Waals surface area contributed by atoms with Crippen molar-refractivity contribution in [2.75, 3.05) is 5.32 Å². The first-order valence-corrected chi connectivity index (χ1v) is 11.4. The number of benzene rings is 2. The van der Waals surface area contributed by atoms with Gasteiger partial charge in [0.1, 0.15) is 6.29 Å². The van der Waals surface area contributed by atoms with E-state index >= 15 is 0 Å². The lowest BCUT2D eigenvalue weighted by Gasteiger charge is -2.51. The van der Waals surface area contributed by atoms with E-state index in [-0.39, 0.29) is 29.9 Å². The third-order valence-electron chi connectivity index (χ3n) is 7.06. The van der Waals surface area contributed by atoms with Gasteiger partial charge in [0, 0.05) is 17.1 Å². The Labute approximate surface area is 179 Å². The molecule has 1 heterocycles. The Hall–Kier alpha value is -2.15. The molecule has 1 spiro atoms. The predicted octanol–water partition coefficient (Wildman–Crippen LogP) is 4.23. The van der Waals surface area contributed by atoms with Crippen molar-refractivity contribution in [3.63, 3.8) is 0 Å². The largest absolute Gasteiger partial charge is 0.321 e. The van der Waals surface area contributed by atoms with E-state index in [0.717, 1.165) is 29.3 Å². The second kappa shape index (κ2) is 9.33. The lowest BCUT2D eigenvalue weighted by atomic mass is 9.69. The zero-order valence-corrected chi connectivity index (χ0v) is 17.9. The summed E-state index contributed by atoms with van der Waals surface area (Å²) in [5.41, 5.74) is 7.47. The maximum atomic E-state index is 12.6. The third-order valence-corrected chi connectivity index (χ3v) is 7.06. The van der Waals surface area contributed by atoms with Crippen molar-refractivity contribution in [3.8, 4) is 0 Å². The van der Waals surface area contributed by atoms with Crippen LogP contribution in [0.1, 0.15) is 58.3 Å². The summed E-state index contributed by atoms with van der Waals surface area (Å²) in [6.07, 6.45) is 9.46. The summed E-state index contributed by atoms with van der Waals surface area (Å²) in [7, 11) is 0. The van der Waals surface area contributed by atoms with Crippen molar-refractivity contribution in [1.82, 2.24) is 16.0 Å². The first-order chi connectivity index (χ1) is 14.6. The molecule has 30 heavy (non-hydrogen) atoms. The fraction of sp³-hybridized carbons (Fsp3) is 0.542. The molecule has 4 rings (SSSR count). The molecule has 2 aliphatic rings. The molecule has 2 aromatic rings. The van der Waals surface area contributed by atoms with E-state index in [1.807, 2.05) is 36.4 Å². The summed E-state index contributed by atoms with van der Waals surface area (Å²) in [6, 6.07) is 14.0. The number of fused-ring (bicyclic) bond motifs is 1. The van der Waals surface area contributed by atoms with E-state index in [1.54, 1.807) is 0 Å². The van der Waals surface area contributed by atoms with E-state index in [4.69, 9.17) is 5.73 Å². The minimum absolute atomic E-state index is 0.0390. The van der Waals surface area contributed by atoms with Gasteiger partial charge in [0.15, 0.2) is 0 Å². The quantitative estimate of drug-likeness (QED) is 0.513. The molecule has 2 fully saturated rings. The first-order valence-electron chi connectivity index (χ1n) is 11.4. The Kier molecular flexibility index (Phi) is 6.56. The lowest BCUT2D eigenvalue weighted by molar-refractivity contribution is 0.0350. The van der Waals surface area contributed by atoms with Crippen LogP contribution in [0.15, 0.2) is 42.5 Å². The molecule has 6 heteroatoms. The number of nitrogens with two attached hydrogens (primary N) is 1. The van der Waals surface area contributed by atoms with Gasteiger partial charge in [-0.3, -0.25) is 10.6 Å². The number of rotatable bonds is 2. The maximum Gasteiger partial charge on any atom is 0.321 e. The summed E-state index contributed by atoms with van der Waals surface area (Å²) in [5, 5.41) is 15.2. The average molecular weight is 410 g/mol. The summed E-state index contributed by atoms with van der Waals surface area (Å²) < 4.78 is 0. The minimum Gasteiger partial charge on any atom is -0.315 e. The van der Waals surface area contributed by atoms with Crippen molar-refractivity contribution in [1.29, 1.82) is 0 Å². The van der Waals surface area contributed by atoms with Crippen LogP contribution < -0.4 is 27.0 Å². The van der Waals surface area contributed by atoms with Crippen molar-refractivity contribution in [2.45, 2.75) is 76.8 Å². The van der Waals surface area contributed by atoms with Crippen LogP contribution in [0.3, 0.4) is 0 Å². The second-order valence-electron chi connectivity index (χ2n) is 8.98. The van der Waals surface area contributed by atoms with Gasteiger partial charge in [0.2, 0.25) is 0 Å². The Balaban J connectivity index is 1.37. The van der Waals surface area contributed by atoms with Gasteiger partial charge < -0.3 is 16.4 Å². The minimum atomic E-state index is -0.353. The second-order valence-corrected chi connectivity index (χ2v) is 8.98. The topological polar surface area (TPSA) is 91.2 Å². The van der Waals surface area contributed by atoms with Crippen LogP contribution in [-0.4, -0.2) is 24.5 Å². The predicted molar refractivity (Wildman–Crippen MR) is 123 cm³/mol. The van der Waals surface area contributed by atoms with Gasteiger partial charge in [-0.2, -0.15) is 0 Å². The Morgan fingerprint density at radius 2 is 1.63 bits per heavy atom. The van der Waals surface area contributed by atoms with Crippen LogP contribution in [0, 0.1) is 5.41 Å². The van der Waals surface area contributed by atoms with E-state index in [2.05, 4.69) is 34.3 Å². The van der Waals surface area contributed by atoms with E-state index in [1.165, 1.54) is 38.5 Å². The highest BCUT2D eigenvalue weighted by Crippen LogP contribution is 2.40. The van der Waals surface area contributed by atoms with Gasteiger partial charge in [-0.25, -0.2) is 4.79 Å². The van der Waals surface area contributed by atoms with Crippen LogP contribution >= 0.6 is 0 Å². The molecule has 2 amide bonds. The molecule has 1 saturated heterocycles. The van der Waals surface area contributed by atoms with E-state index in [0.29, 0.717) is 0 Å². The Bertz CT molecular complexity index is 846. The van der Waals surface area contributed by atoms with Gasteiger partial charge in [0.05, 0.1) is 6.17 Å². The normalized spacial score (nSPS) is 27.1. The average Bonchev–Trinajstić information content (AvgIpc) is 2.85. The van der Waals surface area contributed by atoms with Crippen LogP contribution in [0.4, 0.5) is 10.5 Å². The molecule has 2 aromatic carbocycles. The van der Waals surface area contributed by atoms with Crippen molar-refractivity contribution < 1.29 is 4.79 Å². The van der Waals surface area contributed by atoms with Crippen molar-refractivity contribution >= 4 is 22.5 Å². The molecule has 0 bridgehead atoms. The molecule has 3 atom stereocenters. The summed E-state index contributed by atoms with van der Waals surface area (Å²) in [6.45, 7) is 2.22. The molecule has 1 aliphatic carbocycles. The molecule has 1 aliphatic heterocycles. The fourth-order valence-electron chi connectivity index (χ4n) is 5.21. The summed E-state index contributed by atoms with van der Waals surface area (Å²) in [5.74, 6) is 0. The molecule has 0 aromatic heterocycles. The number of carbonyl (C=O) groups excluding carboxylic acids is 1. The highest BCUT2D eigenvalue weighted by Gasteiger charge is 2.46. The SMILES string of the molecule is CC1NC(NC(=O)Nc2ccc3ccccc3c2)NC(N)C12CCCCCCCC2. The van der Waals surface area contributed by atoms with Gasteiger partial charge in [0.25, 0.3) is 0 Å². The molecule has 0 radical (unpaired) electrons. The molecular formula is C24H35N5O. The molecule has 1 saturated carbocycles. The standard InChI is InChI=1S/C24H35N5O/c1-17-24(14-8-4-2-3-5-9-15-24)21(25)28-22(26-17)29-23(30)27-20-13-12-18-10-6-7-11-19(18)16-20/h6-7,10-13,16-17,21-22,26,28H,2-5,8-9,14-15,25H2,1H3,(H2,27,29,30). The molecular weight excluding hydrogens is 374 g/mol. The molecule has 6 N–H and O–H groups in total. The number of carbonyl (C=O) groups is 1. The van der Waals surface area contributed by atoms with Gasteiger partial charge >= 0.3 is 6.03 Å². The highest BCUT2D eigenvalue weighted by atomic mass is 16.2. The third kappa shape index (κ3) is 4.61. The zero-order valence-electron chi connectivity index (χ0n) is 17.9. The Morgan fingerprint density at radius 1 is 0.967 bits per heavy atom.